The van der Waals surface area contributed by atoms with E-state index in [0.29, 0.717) is 45.8 Å². The molecule has 0 atom stereocenters. The van der Waals surface area contributed by atoms with Crippen LogP contribution in [0.5, 0.6) is 11.5 Å². The molecule has 0 radical (unpaired) electrons. The molecule has 3 N–H and O–H groups in total. The van der Waals surface area contributed by atoms with Gasteiger partial charge in [-0.1, -0.05) is 54.4 Å². The number of amides is 1. The summed E-state index contributed by atoms with van der Waals surface area (Å²) in [6.07, 6.45) is 0.432. The molecule has 0 saturated heterocycles. The quantitative estimate of drug-likeness (QED) is 0.142. The number of fused-ring (bicyclic) bond motifs is 1. The number of phenols is 1. The van der Waals surface area contributed by atoms with Crippen LogP contribution in [-0.2, 0) is 16.5 Å². The molecule has 0 spiro atoms. The zero-order chi connectivity index (χ0) is 28.3. The number of phenolic OH excluding ortho intramolecular Hbond substituents is 1. The molecule has 0 aliphatic heterocycles. The fraction of sp³-hybridized carbons (Fsp3) is 0.148. The Hall–Kier alpha value is -3.70. The average molecular weight is 588 g/mol. The van der Waals surface area contributed by atoms with Crippen LogP contribution in [0, 0.1) is 0 Å². The Bertz CT molecular complexity index is 1720. The van der Waals surface area contributed by atoms with Gasteiger partial charge in [-0.2, -0.15) is 8.42 Å². The van der Waals surface area contributed by atoms with E-state index in [-0.39, 0.29) is 22.0 Å². The largest absolute Gasteiger partial charge is 0.505 e. The highest BCUT2D eigenvalue weighted by Crippen LogP contribution is 2.41. The molecule has 4 aromatic rings. The second kappa shape index (κ2) is 11.6. The van der Waals surface area contributed by atoms with Crippen LogP contribution in [0.25, 0.3) is 10.8 Å². The van der Waals surface area contributed by atoms with Gasteiger partial charge >= 0.3 is 0 Å². The summed E-state index contributed by atoms with van der Waals surface area (Å²) in [6, 6.07) is 15.9. The molecular weight excluding hydrogens is 565 g/mol. The van der Waals surface area contributed by atoms with E-state index in [9.17, 15) is 22.9 Å². The van der Waals surface area contributed by atoms with Crippen LogP contribution in [0.2, 0.25) is 10.0 Å². The minimum absolute atomic E-state index is 0.0330. The highest BCUT2D eigenvalue weighted by atomic mass is 35.5. The second-order valence-electron chi connectivity index (χ2n) is 8.33. The van der Waals surface area contributed by atoms with Crippen LogP contribution in [-0.4, -0.2) is 30.6 Å². The van der Waals surface area contributed by atoms with Crippen molar-refractivity contribution in [3.05, 3.63) is 81.8 Å². The summed E-state index contributed by atoms with van der Waals surface area (Å²) in [4.78, 5) is 12.7. The fourth-order valence-electron chi connectivity index (χ4n) is 3.85. The molecule has 0 bridgehead atoms. The van der Waals surface area contributed by atoms with Gasteiger partial charge in [-0.3, -0.25) is 9.35 Å². The monoisotopic (exact) mass is 587 g/mol. The van der Waals surface area contributed by atoms with E-state index in [2.05, 4.69) is 15.5 Å². The number of halogens is 2. The van der Waals surface area contributed by atoms with E-state index in [0.717, 1.165) is 0 Å². The van der Waals surface area contributed by atoms with Crippen molar-refractivity contribution in [1.82, 2.24) is 0 Å². The molecule has 1 amide bonds. The van der Waals surface area contributed by atoms with Crippen LogP contribution in [0.3, 0.4) is 0 Å². The molecule has 0 aliphatic rings. The molecule has 0 fully saturated rings. The van der Waals surface area contributed by atoms with Crippen LogP contribution in [0.1, 0.15) is 29.8 Å². The SMILES string of the molecule is CCOc1ccc(NC(=O)c2cc3ccccc3c(N=Nc3cc(CC)cc(S(=O)(=O)O)c3Cl)c2O)cc1Cl. The molecule has 0 aromatic heterocycles. The first-order valence-corrected chi connectivity index (χ1v) is 13.9. The number of hydrogen-bond acceptors (Lipinski definition) is 7. The summed E-state index contributed by atoms with van der Waals surface area (Å²) >= 11 is 12.5. The summed E-state index contributed by atoms with van der Waals surface area (Å²) in [5.74, 6) is -0.615. The Morgan fingerprint density at radius 2 is 1.77 bits per heavy atom. The standard InChI is InChI=1S/C27H23Cl2N3O6S/c1-3-15-11-21(24(29)23(12-15)39(35,36)37)31-32-25-18-8-6-5-7-16(18)13-19(26(25)33)27(34)30-17-9-10-22(38-4-2)20(28)14-17/h5-14,33H,3-4H2,1-2H3,(H,30,34)(H,35,36,37). The van der Waals surface area contributed by atoms with Crippen LogP contribution < -0.4 is 10.1 Å². The van der Waals surface area contributed by atoms with Gasteiger partial charge in [0.15, 0.2) is 5.75 Å². The maximum absolute atomic E-state index is 13.2. The molecule has 0 saturated carbocycles. The van der Waals surface area contributed by atoms with Crippen molar-refractivity contribution in [3.8, 4) is 11.5 Å². The normalized spacial score (nSPS) is 11.7. The van der Waals surface area contributed by atoms with Gasteiger partial charge < -0.3 is 15.2 Å². The lowest BCUT2D eigenvalue weighted by molar-refractivity contribution is 0.102. The third-order valence-corrected chi connectivity index (χ3v) is 7.44. The lowest BCUT2D eigenvalue weighted by Crippen LogP contribution is -2.12. The molecule has 4 rings (SSSR count). The van der Waals surface area contributed by atoms with Crippen molar-refractivity contribution in [2.45, 2.75) is 25.2 Å². The van der Waals surface area contributed by atoms with E-state index in [4.69, 9.17) is 27.9 Å². The summed E-state index contributed by atoms with van der Waals surface area (Å²) in [5, 5.41) is 23.1. The van der Waals surface area contributed by atoms with Gasteiger partial charge in [-0.15, -0.1) is 10.2 Å². The predicted molar refractivity (Wildman–Crippen MR) is 151 cm³/mol. The highest BCUT2D eigenvalue weighted by molar-refractivity contribution is 7.86. The summed E-state index contributed by atoms with van der Waals surface area (Å²) < 4.78 is 38.6. The Labute approximate surface area is 234 Å². The number of aryl methyl sites for hydroxylation is 1. The molecule has 4 aromatic carbocycles. The topological polar surface area (TPSA) is 138 Å². The predicted octanol–water partition coefficient (Wildman–Crippen LogP) is 7.73. The van der Waals surface area contributed by atoms with Crippen molar-refractivity contribution < 1.29 is 27.6 Å². The first kappa shape index (κ1) is 28.3. The van der Waals surface area contributed by atoms with E-state index in [1.54, 1.807) is 43.3 Å². The maximum Gasteiger partial charge on any atom is 0.296 e. The molecule has 0 aliphatic carbocycles. The Kier molecular flexibility index (Phi) is 8.41. The summed E-state index contributed by atoms with van der Waals surface area (Å²) in [5.41, 5.74) is 0.766. The molecule has 39 heavy (non-hydrogen) atoms. The average Bonchev–Trinajstić information content (AvgIpc) is 2.89. The number of hydrogen-bond donors (Lipinski definition) is 3. The van der Waals surface area contributed by atoms with E-state index in [1.165, 1.54) is 24.3 Å². The number of ether oxygens (including phenoxy) is 1. The van der Waals surface area contributed by atoms with Crippen molar-refractivity contribution in [2.24, 2.45) is 10.2 Å². The minimum Gasteiger partial charge on any atom is -0.505 e. The van der Waals surface area contributed by atoms with Gasteiger partial charge in [0.1, 0.15) is 22.0 Å². The van der Waals surface area contributed by atoms with E-state index < -0.39 is 26.7 Å². The number of carbonyl (C=O) groups excluding carboxylic acids is 1. The number of aromatic hydroxyl groups is 1. The molecule has 9 nitrogen and oxygen atoms in total. The number of azo groups is 1. The third-order valence-electron chi connectivity index (χ3n) is 5.75. The minimum atomic E-state index is -4.62. The van der Waals surface area contributed by atoms with E-state index in [1.807, 2.05) is 6.92 Å². The number of anilines is 1. The molecule has 0 heterocycles. The maximum atomic E-state index is 13.2. The fourth-order valence-corrected chi connectivity index (χ4v) is 5.15. The molecule has 202 valence electrons. The molecule has 12 heteroatoms. The van der Waals surface area contributed by atoms with Gasteiger partial charge in [0.05, 0.1) is 22.2 Å². The van der Waals surface area contributed by atoms with Gasteiger partial charge in [-0.25, -0.2) is 0 Å². The zero-order valence-electron chi connectivity index (χ0n) is 20.8. The van der Waals surface area contributed by atoms with E-state index >= 15 is 0 Å². The Balaban J connectivity index is 1.78. The zero-order valence-corrected chi connectivity index (χ0v) is 23.1. The number of nitrogens with one attached hydrogen (secondary N) is 1. The number of nitrogens with zero attached hydrogens (tertiary/aromatic N) is 2. The lowest BCUT2D eigenvalue weighted by Gasteiger charge is -2.12. The van der Waals surface area contributed by atoms with Crippen LogP contribution in [0.4, 0.5) is 17.1 Å². The smallest absolute Gasteiger partial charge is 0.296 e. The van der Waals surface area contributed by atoms with Crippen LogP contribution in [0.15, 0.2) is 75.8 Å². The summed E-state index contributed by atoms with van der Waals surface area (Å²) in [7, 11) is -4.62. The van der Waals surface area contributed by atoms with Crippen LogP contribution >= 0.6 is 23.2 Å². The molecular formula is C27H23Cl2N3O6S. The first-order valence-electron chi connectivity index (χ1n) is 11.7. The van der Waals surface area contributed by atoms with Crippen molar-refractivity contribution >= 4 is 67.1 Å². The van der Waals surface area contributed by atoms with Gasteiger partial charge in [-0.05, 0) is 60.7 Å². The Morgan fingerprint density at radius 3 is 2.44 bits per heavy atom. The third kappa shape index (κ3) is 6.15. The van der Waals surface area contributed by atoms with Crippen molar-refractivity contribution in [1.29, 1.82) is 0 Å². The van der Waals surface area contributed by atoms with Gasteiger partial charge in [0.25, 0.3) is 16.0 Å². The van der Waals surface area contributed by atoms with Crippen molar-refractivity contribution in [2.75, 3.05) is 11.9 Å². The molecule has 0 unspecified atom stereocenters. The van der Waals surface area contributed by atoms with Gasteiger partial charge in [0, 0.05) is 11.1 Å². The number of carbonyl (C=O) groups is 1. The van der Waals surface area contributed by atoms with Gasteiger partial charge in [0.2, 0.25) is 0 Å². The number of benzene rings is 4. The second-order valence-corrected chi connectivity index (χ2v) is 10.5. The number of rotatable bonds is 8. The highest BCUT2D eigenvalue weighted by Gasteiger charge is 2.21. The Morgan fingerprint density at radius 1 is 1.03 bits per heavy atom. The first-order chi connectivity index (χ1) is 18.5. The summed E-state index contributed by atoms with van der Waals surface area (Å²) in [6.45, 7) is 4.04. The van der Waals surface area contributed by atoms with Crippen molar-refractivity contribution in [3.63, 3.8) is 0 Å². The lowest BCUT2D eigenvalue weighted by atomic mass is 10.0.